The average molecular weight is 366 g/mol. The third kappa shape index (κ3) is 4.46. The molecule has 3 aromatic rings. The number of amides is 1. The van der Waals surface area contributed by atoms with Gasteiger partial charge in [0.05, 0.1) is 17.8 Å². The van der Waals surface area contributed by atoms with Gasteiger partial charge in [-0.25, -0.2) is 9.97 Å². The Labute approximate surface area is 157 Å². The standard InChI is InChI=1S/C19H22N6O2/c1-12(2)9-16-22-15(24-27-16)11-25(3)18(26)14-10-21-19(20)23-17(14)13-7-5-4-6-8-13/h4-8,10,12H,9,11H2,1-3H3,(H2,20,21,23). The maximum absolute atomic E-state index is 13.0. The largest absolute Gasteiger partial charge is 0.368 e. The number of nitrogen functional groups attached to an aromatic ring is 1. The molecule has 1 aromatic carbocycles. The van der Waals surface area contributed by atoms with Crippen LogP contribution in [-0.2, 0) is 13.0 Å². The van der Waals surface area contributed by atoms with E-state index in [-0.39, 0.29) is 18.4 Å². The van der Waals surface area contributed by atoms with Crippen LogP contribution < -0.4 is 5.73 Å². The van der Waals surface area contributed by atoms with Gasteiger partial charge in [0, 0.05) is 25.2 Å². The third-order valence-electron chi connectivity index (χ3n) is 3.90. The summed E-state index contributed by atoms with van der Waals surface area (Å²) >= 11 is 0. The van der Waals surface area contributed by atoms with Crippen molar-refractivity contribution in [3.8, 4) is 11.3 Å². The third-order valence-corrected chi connectivity index (χ3v) is 3.90. The lowest BCUT2D eigenvalue weighted by Crippen LogP contribution is -2.27. The van der Waals surface area contributed by atoms with Crippen LogP contribution in [0.1, 0.15) is 35.9 Å². The zero-order chi connectivity index (χ0) is 19.4. The molecule has 0 saturated heterocycles. The van der Waals surface area contributed by atoms with E-state index >= 15 is 0 Å². The van der Waals surface area contributed by atoms with Gasteiger partial charge in [-0.15, -0.1) is 0 Å². The van der Waals surface area contributed by atoms with Crippen LogP contribution in [0.15, 0.2) is 41.1 Å². The summed E-state index contributed by atoms with van der Waals surface area (Å²) in [4.78, 5) is 27.0. The fourth-order valence-electron chi connectivity index (χ4n) is 2.64. The zero-order valence-corrected chi connectivity index (χ0v) is 15.6. The molecular formula is C19H22N6O2. The summed E-state index contributed by atoms with van der Waals surface area (Å²) in [5.41, 5.74) is 7.38. The number of nitrogens with zero attached hydrogens (tertiary/aromatic N) is 5. The first kappa shape index (κ1) is 18.5. The maximum Gasteiger partial charge on any atom is 0.257 e. The second-order valence-corrected chi connectivity index (χ2v) is 6.72. The van der Waals surface area contributed by atoms with E-state index in [1.807, 2.05) is 30.3 Å². The smallest absolute Gasteiger partial charge is 0.257 e. The first-order valence-electron chi connectivity index (χ1n) is 8.69. The molecule has 0 spiro atoms. The Morgan fingerprint density at radius 3 is 2.67 bits per heavy atom. The number of anilines is 1. The minimum absolute atomic E-state index is 0.115. The molecule has 0 bridgehead atoms. The monoisotopic (exact) mass is 366 g/mol. The molecular weight excluding hydrogens is 344 g/mol. The van der Waals surface area contributed by atoms with Gasteiger partial charge in [-0.2, -0.15) is 4.98 Å². The summed E-state index contributed by atoms with van der Waals surface area (Å²) in [6.07, 6.45) is 2.15. The molecule has 8 heteroatoms. The van der Waals surface area contributed by atoms with Gasteiger partial charge < -0.3 is 15.2 Å². The molecule has 0 saturated carbocycles. The van der Waals surface area contributed by atoms with E-state index in [9.17, 15) is 4.79 Å². The van der Waals surface area contributed by atoms with E-state index in [1.165, 1.54) is 11.1 Å². The lowest BCUT2D eigenvalue weighted by Gasteiger charge is -2.17. The number of aromatic nitrogens is 4. The van der Waals surface area contributed by atoms with Crippen molar-refractivity contribution in [2.75, 3.05) is 12.8 Å². The first-order chi connectivity index (χ1) is 12.9. The van der Waals surface area contributed by atoms with Crippen molar-refractivity contribution >= 4 is 11.9 Å². The Morgan fingerprint density at radius 1 is 1.22 bits per heavy atom. The quantitative estimate of drug-likeness (QED) is 0.713. The van der Waals surface area contributed by atoms with Crippen LogP contribution in [0.2, 0.25) is 0 Å². The van der Waals surface area contributed by atoms with Gasteiger partial charge in [-0.05, 0) is 5.92 Å². The van der Waals surface area contributed by atoms with Crippen LogP contribution in [0.25, 0.3) is 11.3 Å². The van der Waals surface area contributed by atoms with E-state index in [2.05, 4.69) is 34.0 Å². The topological polar surface area (TPSA) is 111 Å². The van der Waals surface area contributed by atoms with Crippen LogP contribution in [0.5, 0.6) is 0 Å². The number of hydrogen-bond donors (Lipinski definition) is 1. The van der Waals surface area contributed by atoms with Crippen LogP contribution in [-0.4, -0.2) is 38.0 Å². The van der Waals surface area contributed by atoms with Crippen LogP contribution in [0.3, 0.4) is 0 Å². The summed E-state index contributed by atoms with van der Waals surface area (Å²) in [5, 5.41) is 3.95. The minimum Gasteiger partial charge on any atom is -0.368 e. The number of hydrogen-bond acceptors (Lipinski definition) is 7. The van der Waals surface area contributed by atoms with Crippen molar-refractivity contribution in [2.45, 2.75) is 26.8 Å². The van der Waals surface area contributed by atoms with Gasteiger partial charge in [0.25, 0.3) is 5.91 Å². The highest BCUT2D eigenvalue weighted by atomic mass is 16.5. The highest BCUT2D eigenvalue weighted by Gasteiger charge is 2.21. The molecule has 0 atom stereocenters. The lowest BCUT2D eigenvalue weighted by molar-refractivity contribution is 0.0780. The van der Waals surface area contributed by atoms with Gasteiger partial charge >= 0.3 is 0 Å². The number of carbonyl (C=O) groups excluding carboxylic acids is 1. The molecule has 0 radical (unpaired) electrons. The van der Waals surface area contributed by atoms with E-state index in [0.717, 1.165) is 5.56 Å². The number of benzene rings is 1. The predicted molar refractivity (Wildman–Crippen MR) is 101 cm³/mol. The molecule has 27 heavy (non-hydrogen) atoms. The molecule has 0 aliphatic carbocycles. The fraction of sp³-hybridized carbons (Fsp3) is 0.316. The van der Waals surface area contributed by atoms with E-state index in [4.69, 9.17) is 10.3 Å². The highest BCUT2D eigenvalue weighted by Crippen LogP contribution is 2.23. The van der Waals surface area contributed by atoms with Crippen molar-refractivity contribution in [1.82, 2.24) is 25.0 Å². The molecule has 0 fully saturated rings. The Kier molecular flexibility index (Phi) is 5.44. The summed E-state index contributed by atoms with van der Waals surface area (Å²) < 4.78 is 5.23. The zero-order valence-electron chi connectivity index (χ0n) is 15.6. The molecule has 0 aliphatic heterocycles. The van der Waals surface area contributed by atoms with Gasteiger partial charge in [0.2, 0.25) is 11.8 Å². The van der Waals surface area contributed by atoms with E-state index in [1.54, 1.807) is 7.05 Å². The van der Waals surface area contributed by atoms with Crippen molar-refractivity contribution in [3.63, 3.8) is 0 Å². The minimum atomic E-state index is -0.246. The Bertz CT molecular complexity index is 923. The number of carbonyl (C=O) groups is 1. The summed E-state index contributed by atoms with van der Waals surface area (Å²) in [6, 6.07) is 9.39. The summed E-state index contributed by atoms with van der Waals surface area (Å²) in [6.45, 7) is 4.37. The van der Waals surface area contributed by atoms with Gasteiger partial charge in [0.15, 0.2) is 5.82 Å². The van der Waals surface area contributed by atoms with Gasteiger partial charge in [-0.3, -0.25) is 4.79 Å². The van der Waals surface area contributed by atoms with Crippen molar-refractivity contribution in [2.24, 2.45) is 5.92 Å². The van der Waals surface area contributed by atoms with Crippen molar-refractivity contribution < 1.29 is 9.32 Å². The SMILES string of the molecule is CC(C)Cc1nc(CN(C)C(=O)c2cnc(N)nc2-c2ccccc2)no1. The molecule has 0 aliphatic rings. The fourth-order valence-corrected chi connectivity index (χ4v) is 2.64. The van der Waals surface area contributed by atoms with E-state index in [0.29, 0.717) is 35.3 Å². The molecule has 2 N–H and O–H groups in total. The average Bonchev–Trinajstić information content (AvgIpc) is 3.07. The van der Waals surface area contributed by atoms with E-state index < -0.39 is 0 Å². The number of nitrogens with two attached hydrogens (primary N) is 1. The molecule has 8 nitrogen and oxygen atoms in total. The molecule has 2 aromatic heterocycles. The number of rotatable bonds is 6. The highest BCUT2D eigenvalue weighted by molar-refractivity contribution is 5.99. The Hall–Kier alpha value is -3.29. The molecule has 140 valence electrons. The predicted octanol–water partition coefficient (Wildman–Crippen LogP) is 2.58. The van der Waals surface area contributed by atoms with Gasteiger partial charge in [0.1, 0.15) is 0 Å². The van der Waals surface area contributed by atoms with Crippen LogP contribution >= 0.6 is 0 Å². The normalized spacial score (nSPS) is 11.0. The van der Waals surface area contributed by atoms with Gasteiger partial charge in [-0.1, -0.05) is 49.3 Å². The van der Waals surface area contributed by atoms with Crippen LogP contribution in [0.4, 0.5) is 5.95 Å². The van der Waals surface area contributed by atoms with Crippen molar-refractivity contribution in [1.29, 1.82) is 0 Å². The molecule has 2 heterocycles. The maximum atomic E-state index is 13.0. The molecule has 3 rings (SSSR count). The second kappa shape index (κ2) is 7.94. The molecule has 0 unspecified atom stereocenters. The Balaban J connectivity index is 1.82. The summed E-state index contributed by atoms with van der Waals surface area (Å²) in [7, 11) is 1.67. The second-order valence-electron chi connectivity index (χ2n) is 6.72. The lowest BCUT2D eigenvalue weighted by atomic mass is 10.1. The van der Waals surface area contributed by atoms with Crippen LogP contribution in [0, 0.1) is 5.92 Å². The Morgan fingerprint density at radius 2 is 1.96 bits per heavy atom. The van der Waals surface area contributed by atoms with Crippen molar-refractivity contribution in [3.05, 3.63) is 53.8 Å². The first-order valence-corrected chi connectivity index (χ1v) is 8.69. The summed E-state index contributed by atoms with van der Waals surface area (Å²) in [5.74, 6) is 1.31. The molecule has 1 amide bonds.